The summed E-state index contributed by atoms with van der Waals surface area (Å²) in [5.41, 5.74) is 4.72. The van der Waals surface area contributed by atoms with Gasteiger partial charge in [-0.1, -0.05) is 170 Å². The van der Waals surface area contributed by atoms with E-state index in [2.05, 4.69) is 11.8 Å². The third-order valence-corrected chi connectivity index (χ3v) is 8.96. The second-order valence-electron chi connectivity index (χ2n) is 13.2. The Morgan fingerprint density at radius 2 is 0.875 bits per heavy atom. The Labute approximate surface area is 329 Å². The van der Waals surface area contributed by atoms with E-state index in [1.165, 1.54) is 0 Å². The van der Waals surface area contributed by atoms with Gasteiger partial charge in [-0.15, -0.1) is 0 Å². The van der Waals surface area contributed by atoms with E-state index in [1.807, 2.05) is 158 Å². The third kappa shape index (κ3) is 12.6. The normalized spacial score (nSPS) is 13.7. The maximum Gasteiger partial charge on any atom is 0.339 e. The number of hydrogen-bond donors (Lipinski definition) is 1. The lowest BCUT2D eigenvalue weighted by Gasteiger charge is -2.37. The number of ether oxygens (including phenoxy) is 5. The number of aliphatic hydroxyl groups is 1. The Bertz CT molecular complexity index is 2050. The second kappa shape index (κ2) is 21.9. The molecule has 284 valence electrons. The molecule has 7 heteroatoms. The number of rotatable bonds is 19. The van der Waals surface area contributed by atoms with Crippen molar-refractivity contribution in [3.05, 3.63) is 215 Å². The first-order valence-electron chi connectivity index (χ1n) is 18.7. The highest BCUT2D eigenvalue weighted by molar-refractivity contribution is 5.89. The van der Waals surface area contributed by atoms with Crippen LogP contribution in [0.1, 0.15) is 38.2 Å². The Balaban J connectivity index is 1.42. The first-order chi connectivity index (χ1) is 27.6. The van der Waals surface area contributed by atoms with Gasteiger partial charge in [0.25, 0.3) is 0 Å². The molecule has 6 rings (SSSR count). The summed E-state index contributed by atoms with van der Waals surface area (Å²) in [7, 11) is 0. The van der Waals surface area contributed by atoms with E-state index in [9.17, 15) is 9.90 Å². The number of carbonyl (C=O) groups is 1. The molecule has 0 bridgehead atoms. The van der Waals surface area contributed by atoms with Crippen LogP contribution in [0.2, 0.25) is 0 Å². The third-order valence-electron chi connectivity index (χ3n) is 8.96. The fourth-order valence-corrected chi connectivity index (χ4v) is 6.03. The standard InChI is InChI=1S/C49H46O7/c50-44(37-52-33-39-21-9-2-10-22-39)46(53-34-40-23-11-3-12-24-40)48(55-36-42-27-15-5-16-28-42)47(54-35-41-25-13-4-14-26-41)45(32-31-38-19-7-1-8-20-38)56-49(51)43-29-17-6-18-30-43/h1-30,44-48,50H,33-37H2/t44-,45-,46-,47+,48+/m1/s1. The maximum atomic E-state index is 13.9. The molecule has 0 aliphatic rings. The van der Waals surface area contributed by atoms with Gasteiger partial charge >= 0.3 is 5.97 Å². The second-order valence-corrected chi connectivity index (χ2v) is 13.2. The molecule has 0 aliphatic heterocycles. The number of esters is 1. The van der Waals surface area contributed by atoms with Gasteiger partial charge < -0.3 is 28.8 Å². The molecule has 0 heterocycles. The van der Waals surface area contributed by atoms with Gasteiger partial charge in [0.05, 0.1) is 38.6 Å². The molecule has 6 aromatic rings. The molecule has 0 aliphatic carbocycles. The molecule has 0 fully saturated rings. The van der Waals surface area contributed by atoms with Crippen molar-refractivity contribution in [1.82, 2.24) is 0 Å². The molecule has 0 saturated carbocycles. The highest BCUT2D eigenvalue weighted by atomic mass is 16.6. The van der Waals surface area contributed by atoms with E-state index in [1.54, 1.807) is 24.3 Å². The van der Waals surface area contributed by atoms with Crippen LogP contribution in [0, 0.1) is 11.8 Å². The zero-order chi connectivity index (χ0) is 38.6. The first kappa shape index (κ1) is 39.8. The minimum Gasteiger partial charge on any atom is -0.443 e. The SMILES string of the molecule is O=C(O[C@H](C#Cc1ccccc1)[C@H](OCc1ccccc1)[C@@H](OCc1ccccc1)[C@H](OCc1ccccc1)[C@H](O)COCc1ccccc1)c1ccccc1. The van der Waals surface area contributed by atoms with Crippen LogP contribution in [0.4, 0.5) is 0 Å². The van der Waals surface area contributed by atoms with E-state index < -0.39 is 36.5 Å². The highest BCUT2D eigenvalue weighted by Crippen LogP contribution is 2.26. The zero-order valence-corrected chi connectivity index (χ0v) is 31.1. The molecule has 0 unspecified atom stereocenters. The summed E-state index contributed by atoms with van der Waals surface area (Å²) >= 11 is 0. The summed E-state index contributed by atoms with van der Waals surface area (Å²) < 4.78 is 32.6. The van der Waals surface area contributed by atoms with Crippen LogP contribution in [0.15, 0.2) is 182 Å². The van der Waals surface area contributed by atoms with Gasteiger partial charge in [-0.05, 0) is 46.5 Å². The smallest absolute Gasteiger partial charge is 0.339 e. The highest BCUT2D eigenvalue weighted by Gasteiger charge is 2.42. The van der Waals surface area contributed by atoms with Gasteiger partial charge in [-0.25, -0.2) is 4.79 Å². The van der Waals surface area contributed by atoms with Crippen molar-refractivity contribution in [1.29, 1.82) is 0 Å². The lowest BCUT2D eigenvalue weighted by Crippen LogP contribution is -2.54. The fourth-order valence-electron chi connectivity index (χ4n) is 6.03. The van der Waals surface area contributed by atoms with Crippen molar-refractivity contribution in [3.63, 3.8) is 0 Å². The number of benzene rings is 6. The van der Waals surface area contributed by atoms with Gasteiger partial charge in [0.15, 0.2) is 6.10 Å². The van der Waals surface area contributed by atoms with Crippen LogP contribution in [0.5, 0.6) is 0 Å². The van der Waals surface area contributed by atoms with Gasteiger partial charge in [0.2, 0.25) is 0 Å². The summed E-state index contributed by atoms with van der Waals surface area (Å²) in [5, 5.41) is 12.1. The van der Waals surface area contributed by atoms with Crippen LogP contribution < -0.4 is 0 Å². The first-order valence-corrected chi connectivity index (χ1v) is 18.7. The summed E-state index contributed by atoms with van der Waals surface area (Å²) in [6.45, 7) is 0.643. The Morgan fingerprint density at radius 3 is 1.36 bits per heavy atom. The van der Waals surface area contributed by atoms with E-state index in [-0.39, 0.29) is 33.0 Å². The minimum atomic E-state index is -1.20. The Morgan fingerprint density at radius 1 is 0.482 bits per heavy atom. The molecule has 7 nitrogen and oxygen atoms in total. The van der Waals surface area contributed by atoms with Crippen LogP contribution >= 0.6 is 0 Å². The molecule has 56 heavy (non-hydrogen) atoms. The van der Waals surface area contributed by atoms with E-state index in [0.717, 1.165) is 27.8 Å². The van der Waals surface area contributed by atoms with Crippen molar-refractivity contribution in [2.24, 2.45) is 0 Å². The van der Waals surface area contributed by atoms with Crippen LogP contribution in [0.25, 0.3) is 0 Å². The monoisotopic (exact) mass is 746 g/mol. The molecule has 0 spiro atoms. The van der Waals surface area contributed by atoms with Gasteiger partial charge in [0, 0.05) is 5.56 Å². The maximum absolute atomic E-state index is 13.9. The van der Waals surface area contributed by atoms with Crippen LogP contribution in [-0.2, 0) is 50.1 Å². The summed E-state index contributed by atoms with van der Waals surface area (Å²) in [6.07, 6.45) is -5.50. The molecular formula is C49H46O7. The zero-order valence-electron chi connectivity index (χ0n) is 31.1. The molecular weight excluding hydrogens is 701 g/mol. The van der Waals surface area contributed by atoms with Gasteiger partial charge in [-0.2, -0.15) is 0 Å². The number of aliphatic hydroxyl groups excluding tert-OH is 1. The lowest BCUT2D eigenvalue weighted by molar-refractivity contribution is -0.200. The summed E-state index contributed by atoms with van der Waals surface area (Å²) in [6, 6.07) is 57.1. The molecule has 6 aromatic carbocycles. The molecule has 0 radical (unpaired) electrons. The van der Waals surface area contributed by atoms with E-state index >= 15 is 0 Å². The van der Waals surface area contributed by atoms with Gasteiger partial charge in [0.1, 0.15) is 24.4 Å². The van der Waals surface area contributed by atoms with E-state index in [0.29, 0.717) is 5.56 Å². The predicted octanol–water partition coefficient (Wildman–Crippen LogP) is 8.60. The van der Waals surface area contributed by atoms with Crippen molar-refractivity contribution in [3.8, 4) is 11.8 Å². The fraction of sp³-hybridized carbons (Fsp3) is 0.204. The molecule has 0 saturated heterocycles. The quantitative estimate of drug-likeness (QED) is 0.0657. The van der Waals surface area contributed by atoms with Crippen molar-refractivity contribution in [2.45, 2.75) is 56.9 Å². The Kier molecular flexibility index (Phi) is 15.6. The average Bonchev–Trinajstić information content (AvgIpc) is 3.26. The minimum absolute atomic E-state index is 0.0743. The lowest BCUT2D eigenvalue weighted by atomic mass is 9.97. The van der Waals surface area contributed by atoms with Crippen molar-refractivity contribution in [2.75, 3.05) is 6.61 Å². The predicted molar refractivity (Wildman–Crippen MR) is 216 cm³/mol. The van der Waals surface area contributed by atoms with Crippen LogP contribution in [-0.4, -0.2) is 48.2 Å². The van der Waals surface area contributed by atoms with Crippen molar-refractivity contribution < 1.29 is 33.6 Å². The topological polar surface area (TPSA) is 83.5 Å². The molecule has 0 amide bonds. The average molecular weight is 747 g/mol. The molecule has 5 atom stereocenters. The summed E-state index contributed by atoms with van der Waals surface area (Å²) in [4.78, 5) is 13.9. The molecule has 1 N–H and O–H groups in total. The number of hydrogen-bond acceptors (Lipinski definition) is 7. The molecule has 0 aromatic heterocycles. The summed E-state index contributed by atoms with van der Waals surface area (Å²) in [5.74, 6) is 5.83. The van der Waals surface area contributed by atoms with Gasteiger partial charge in [-0.3, -0.25) is 0 Å². The van der Waals surface area contributed by atoms with Crippen molar-refractivity contribution >= 4 is 5.97 Å². The Hall–Kier alpha value is -5.85. The number of carbonyl (C=O) groups excluding carboxylic acids is 1. The van der Waals surface area contributed by atoms with E-state index in [4.69, 9.17) is 23.7 Å². The van der Waals surface area contributed by atoms with Crippen LogP contribution in [0.3, 0.4) is 0 Å². The largest absolute Gasteiger partial charge is 0.443 e.